The summed E-state index contributed by atoms with van der Waals surface area (Å²) >= 11 is 9.93. The summed E-state index contributed by atoms with van der Waals surface area (Å²) in [6.45, 7) is 11.1. The molecule has 26 heavy (non-hydrogen) atoms. The largest absolute Gasteiger partial charge is 0.321 e. The lowest BCUT2D eigenvalue weighted by Gasteiger charge is -2.25. The van der Waals surface area contributed by atoms with E-state index in [0.717, 1.165) is 23.0 Å². The van der Waals surface area contributed by atoms with Crippen LogP contribution in [0.15, 0.2) is 33.7 Å². The molecule has 0 aliphatic rings. The number of nitrogens with zero attached hydrogens (tertiary/aromatic N) is 3. The highest BCUT2D eigenvalue weighted by Crippen LogP contribution is 2.33. The summed E-state index contributed by atoms with van der Waals surface area (Å²) in [5, 5.41) is 0.333. The van der Waals surface area contributed by atoms with Gasteiger partial charge in [0.15, 0.2) is 0 Å². The molecule has 0 amide bonds. The van der Waals surface area contributed by atoms with Gasteiger partial charge in [-0.1, -0.05) is 45.4 Å². The molecular formula is C20H27BrClN3O. The molecule has 4 nitrogen and oxygen atoms in total. The number of aromatic nitrogens is 2. The fourth-order valence-corrected chi connectivity index (χ4v) is 3.93. The monoisotopic (exact) mass is 439 g/mol. The molecule has 0 atom stereocenters. The molecule has 1 aromatic carbocycles. The average molecular weight is 441 g/mol. The van der Waals surface area contributed by atoms with Gasteiger partial charge in [-0.2, -0.15) is 0 Å². The lowest BCUT2D eigenvalue weighted by molar-refractivity contribution is 0.456. The molecule has 0 radical (unpaired) electrons. The summed E-state index contributed by atoms with van der Waals surface area (Å²) in [7, 11) is 0. The summed E-state index contributed by atoms with van der Waals surface area (Å²) in [6.07, 6.45) is 3.39. The topological polar surface area (TPSA) is 38.1 Å². The molecule has 2 rings (SSSR count). The molecule has 142 valence electrons. The normalized spacial score (nSPS) is 11.4. The van der Waals surface area contributed by atoms with E-state index in [-0.39, 0.29) is 11.6 Å². The Morgan fingerprint density at radius 2 is 1.88 bits per heavy atom. The summed E-state index contributed by atoms with van der Waals surface area (Å²) in [6, 6.07) is 6.35. The molecule has 6 heteroatoms. The van der Waals surface area contributed by atoms with Gasteiger partial charge in [0.2, 0.25) is 5.82 Å². The lowest BCUT2D eigenvalue weighted by Crippen LogP contribution is -2.32. The van der Waals surface area contributed by atoms with Crippen LogP contribution in [0.2, 0.25) is 5.15 Å². The zero-order valence-corrected chi connectivity index (χ0v) is 18.4. The van der Waals surface area contributed by atoms with Crippen molar-refractivity contribution in [2.75, 3.05) is 11.4 Å². The highest BCUT2D eigenvalue weighted by molar-refractivity contribution is 9.10. The summed E-state index contributed by atoms with van der Waals surface area (Å²) in [4.78, 5) is 19.4. The molecule has 0 bridgehead atoms. The van der Waals surface area contributed by atoms with Crippen LogP contribution in [0.4, 0.5) is 11.5 Å². The van der Waals surface area contributed by atoms with Crippen LogP contribution in [-0.4, -0.2) is 16.1 Å². The fraction of sp³-hybridized carbons (Fsp3) is 0.500. The average Bonchev–Trinajstić information content (AvgIpc) is 2.61. The van der Waals surface area contributed by atoms with Crippen LogP contribution in [0.3, 0.4) is 0 Å². The molecule has 0 N–H and O–H groups in total. The molecule has 0 unspecified atom stereocenters. The number of anilines is 2. The third-order valence-corrected chi connectivity index (χ3v) is 5.54. The van der Waals surface area contributed by atoms with Crippen LogP contribution < -0.4 is 10.5 Å². The Labute approximate surface area is 169 Å². The second kappa shape index (κ2) is 9.05. The SMILES string of the molecule is CCC(CC)n1cc(Cl)nc(N(CC)c2ccc(C(C)C)cc2Br)c1=O. The van der Waals surface area contributed by atoms with Gasteiger partial charge in [-0.3, -0.25) is 4.79 Å². The first kappa shape index (κ1) is 21.0. The van der Waals surface area contributed by atoms with E-state index >= 15 is 0 Å². The predicted molar refractivity (Wildman–Crippen MR) is 114 cm³/mol. The van der Waals surface area contributed by atoms with Crippen molar-refractivity contribution < 1.29 is 0 Å². The fourth-order valence-electron chi connectivity index (χ4n) is 3.13. The van der Waals surface area contributed by atoms with Crippen LogP contribution in [-0.2, 0) is 0 Å². The minimum atomic E-state index is -0.107. The molecule has 0 aliphatic heterocycles. The van der Waals surface area contributed by atoms with E-state index in [1.165, 1.54) is 5.56 Å². The summed E-state index contributed by atoms with van der Waals surface area (Å²) in [5.74, 6) is 0.803. The number of hydrogen-bond donors (Lipinski definition) is 0. The first-order chi connectivity index (χ1) is 12.3. The minimum Gasteiger partial charge on any atom is -0.321 e. The molecule has 0 saturated heterocycles. The maximum Gasteiger partial charge on any atom is 0.294 e. The second-order valence-corrected chi connectivity index (χ2v) is 7.92. The smallest absolute Gasteiger partial charge is 0.294 e. The predicted octanol–water partition coefficient (Wildman–Crippen LogP) is 6.30. The van der Waals surface area contributed by atoms with Crippen LogP contribution in [0.25, 0.3) is 0 Å². The highest BCUT2D eigenvalue weighted by Gasteiger charge is 2.20. The first-order valence-corrected chi connectivity index (χ1v) is 10.4. The number of benzene rings is 1. The van der Waals surface area contributed by atoms with Crippen molar-refractivity contribution in [1.82, 2.24) is 9.55 Å². The van der Waals surface area contributed by atoms with E-state index in [0.29, 0.717) is 23.4 Å². The van der Waals surface area contributed by atoms with Crippen LogP contribution in [0, 0.1) is 0 Å². The molecule has 0 spiro atoms. The molecule has 0 aliphatic carbocycles. The quantitative estimate of drug-likeness (QED) is 0.507. The Morgan fingerprint density at radius 3 is 2.38 bits per heavy atom. The van der Waals surface area contributed by atoms with E-state index in [1.54, 1.807) is 10.8 Å². The maximum atomic E-state index is 13.1. The Hall–Kier alpha value is -1.33. The molecule has 0 saturated carbocycles. The van der Waals surface area contributed by atoms with E-state index in [4.69, 9.17) is 11.6 Å². The van der Waals surface area contributed by atoms with E-state index in [1.807, 2.05) is 17.9 Å². The van der Waals surface area contributed by atoms with Gasteiger partial charge in [0.25, 0.3) is 5.56 Å². The zero-order valence-electron chi connectivity index (χ0n) is 16.1. The summed E-state index contributed by atoms with van der Waals surface area (Å²) < 4.78 is 2.67. The summed E-state index contributed by atoms with van der Waals surface area (Å²) in [5.41, 5.74) is 2.05. The molecular weight excluding hydrogens is 414 g/mol. The van der Waals surface area contributed by atoms with Gasteiger partial charge < -0.3 is 9.47 Å². The number of halogens is 2. The molecule has 0 fully saturated rings. The van der Waals surface area contributed by atoms with E-state index in [2.05, 4.69) is 60.7 Å². The second-order valence-electron chi connectivity index (χ2n) is 6.68. The third-order valence-electron chi connectivity index (χ3n) is 4.72. The van der Waals surface area contributed by atoms with Crippen molar-refractivity contribution >= 4 is 39.0 Å². The third kappa shape index (κ3) is 4.32. The van der Waals surface area contributed by atoms with Gasteiger partial charge in [0.05, 0.1) is 5.69 Å². The molecule has 2 aromatic rings. The Morgan fingerprint density at radius 1 is 1.23 bits per heavy atom. The van der Waals surface area contributed by atoms with Crippen LogP contribution in [0.5, 0.6) is 0 Å². The number of rotatable bonds is 7. The highest BCUT2D eigenvalue weighted by atomic mass is 79.9. The van der Waals surface area contributed by atoms with Crippen molar-refractivity contribution in [3.63, 3.8) is 0 Å². The molecule has 1 heterocycles. The standard InChI is InChI=1S/C20H27BrClN3O/c1-6-15(7-2)25-12-18(22)23-19(20(25)26)24(8-3)17-10-9-14(13(4)5)11-16(17)21/h9-13,15H,6-8H2,1-5H3. The van der Waals surface area contributed by atoms with E-state index < -0.39 is 0 Å². The Kier molecular flexibility index (Phi) is 7.30. The van der Waals surface area contributed by atoms with Crippen molar-refractivity contribution in [3.8, 4) is 0 Å². The van der Waals surface area contributed by atoms with Crippen LogP contribution >= 0.6 is 27.5 Å². The lowest BCUT2D eigenvalue weighted by atomic mass is 10.0. The Balaban J connectivity index is 2.60. The number of hydrogen-bond acceptors (Lipinski definition) is 3. The van der Waals surface area contributed by atoms with Gasteiger partial charge >= 0.3 is 0 Å². The van der Waals surface area contributed by atoms with Crippen molar-refractivity contribution in [3.05, 3.63) is 49.9 Å². The van der Waals surface area contributed by atoms with Gasteiger partial charge in [-0.25, -0.2) is 4.98 Å². The zero-order chi connectivity index (χ0) is 19.4. The molecule has 1 aromatic heterocycles. The van der Waals surface area contributed by atoms with Gasteiger partial charge in [-0.15, -0.1) is 0 Å². The van der Waals surface area contributed by atoms with E-state index in [9.17, 15) is 4.79 Å². The van der Waals surface area contributed by atoms with Gasteiger partial charge in [-0.05, 0) is 59.3 Å². The Bertz CT molecular complexity index is 815. The van der Waals surface area contributed by atoms with Crippen molar-refractivity contribution in [1.29, 1.82) is 0 Å². The first-order valence-electron chi connectivity index (χ1n) is 9.19. The van der Waals surface area contributed by atoms with Crippen molar-refractivity contribution in [2.24, 2.45) is 0 Å². The van der Waals surface area contributed by atoms with Crippen molar-refractivity contribution in [2.45, 2.75) is 59.4 Å². The van der Waals surface area contributed by atoms with Gasteiger partial charge in [0, 0.05) is 23.3 Å². The minimum absolute atomic E-state index is 0.107. The van der Waals surface area contributed by atoms with Crippen LogP contribution in [0.1, 0.15) is 65.0 Å². The maximum absolute atomic E-state index is 13.1. The van der Waals surface area contributed by atoms with Gasteiger partial charge in [0.1, 0.15) is 5.15 Å².